The van der Waals surface area contributed by atoms with Crippen molar-refractivity contribution in [2.75, 3.05) is 32.1 Å². The molecule has 0 saturated carbocycles. The number of fused-ring (bicyclic) bond motifs is 1. The van der Waals surface area contributed by atoms with Crippen LogP contribution in [0.1, 0.15) is 30.6 Å². The Morgan fingerprint density at radius 2 is 2.39 bits per heavy atom. The average molecular weight is 320 g/mol. The Kier molecular flexibility index (Phi) is 4.41. The third kappa shape index (κ3) is 3.25. The second-order valence-corrected chi connectivity index (χ2v) is 6.42. The first-order valence-corrected chi connectivity index (χ1v) is 8.04. The molecule has 23 heavy (non-hydrogen) atoms. The van der Waals surface area contributed by atoms with Crippen molar-refractivity contribution in [2.24, 2.45) is 0 Å². The summed E-state index contributed by atoms with van der Waals surface area (Å²) < 4.78 is 5.64. The normalized spacial score (nSPS) is 24.8. The maximum atomic E-state index is 12.7. The van der Waals surface area contributed by atoms with Crippen LogP contribution < -0.4 is 10.1 Å². The summed E-state index contributed by atoms with van der Waals surface area (Å²) in [6.07, 6.45) is 1.95. The van der Waals surface area contributed by atoms with Gasteiger partial charge in [-0.25, -0.2) is 4.98 Å². The molecular formula is C16H24N4O3. The molecule has 0 radical (unpaired) electrons. The highest BCUT2D eigenvalue weighted by molar-refractivity contribution is 5.95. The lowest BCUT2D eigenvalue weighted by molar-refractivity contribution is 0.0109. The molecule has 0 aliphatic carbocycles. The Labute approximate surface area is 136 Å². The maximum Gasteiger partial charge on any atom is 0.255 e. The third-order valence-corrected chi connectivity index (χ3v) is 4.59. The molecule has 1 amide bonds. The minimum atomic E-state index is -0.512. The van der Waals surface area contributed by atoms with Crippen molar-refractivity contribution in [1.82, 2.24) is 14.8 Å². The predicted molar refractivity (Wildman–Crippen MR) is 86.6 cm³/mol. The van der Waals surface area contributed by atoms with E-state index < -0.39 is 6.23 Å². The van der Waals surface area contributed by atoms with E-state index in [0.717, 1.165) is 6.42 Å². The van der Waals surface area contributed by atoms with Gasteiger partial charge in [0, 0.05) is 25.3 Å². The number of likely N-dealkylation sites (N-methyl/N-ethyl adjacent to an activating group) is 1. The van der Waals surface area contributed by atoms with Gasteiger partial charge in [0.25, 0.3) is 5.91 Å². The molecule has 3 heterocycles. The number of carbonyl (C=O) groups is 1. The number of amides is 1. The zero-order valence-electron chi connectivity index (χ0n) is 13.8. The Hall–Kier alpha value is -1.86. The number of anilines is 1. The smallest absolute Gasteiger partial charge is 0.255 e. The minimum Gasteiger partial charge on any atom is -0.488 e. The number of aromatic nitrogens is 1. The van der Waals surface area contributed by atoms with Crippen LogP contribution in [0.15, 0.2) is 12.3 Å². The van der Waals surface area contributed by atoms with Gasteiger partial charge in [0.15, 0.2) is 11.6 Å². The van der Waals surface area contributed by atoms with Crippen molar-refractivity contribution in [3.8, 4) is 5.75 Å². The third-order valence-electron chi connectivity index (χ3n) is 4.59. The van der Waals surface area contributed by atoms with Gasteiger partial charge in [-0.1, -0.05) is 0 Å². The molecule has 1 saturated heterocycles. The number of nitrogens with one attached hydrogen (secondary N) is 1. The summed E-state index contributed by atoms with van der Waals surface area (Å²) in [7, 11) is 1.88. The van der Waals surface area contributed by atoms with Gasteiger partial charge in [-0.15, -0.1) is 0 Å². The monoisotopic (exact) mass is 320 g/mol. The van der Waals surface area contributed by atoms with E-state index in [1.807, 2.05) is 23.8 Å². The molecule has 126 valence electrons. The van der Waals surface area contributed by atoms with E-state index in [2.05, 4.69) is 10.3 Å². The summed E-state index contributed by atoms with van der Waals surface area (Å²) in [6, 6.07) is 2.16. The van der Waals surface area contributed by atoms with Crippen LogP contribution in [0.4, 0.5) is 5.82 Å². The van der Waals surface area contributed by atoms with Crippen molar-refractivity contribution in [1.29, 1.82) is 0 Å². The number of pyridine rings is 1. The fourth-order valence-corrected chi connectivity index (χ4v) is 3.02. The molecule has 0 spiro atoms. The van der Waals surface area contributed by atoms with Gasteiger partial charge >= 0.3 is 0 Å². The van der Waals surface area contributed by atoms with Crippen LogP contribution >= 0.6 is 0 Å². The van der Waals surface area contributed by atoms with E-state index >= 15 is 0 Å². The Balaban J connectivity index is 1.70. The lowest BCUT2D eigenvalue weighted by Crippen LogP contribution is -2.41. The first kappa shape index (κ1) is 16.0. The molecule has 2 aliphatic rings. The highest BCUT2D eigenvalue weighted by atomic mass is 16.5. The number of likely N-dealkylation sites (tertiary alicyclic amines) is 1. The number of hydrogen-bond acceptors (Lipinski definition) is 6. The van der Waals surface area contributed by atoms with Crippen LogP contribution in [0.25, 0.3) is 0 Å². The quantitative estimate of drug-likeness (QED) is 0.801. The maximum absolute atomic E-state index is 12.7. The molecule has 1 aromatic heterocycles. The van der Waals surface area contributed by atoms with E-state index in [9.17, 15) is 9.90 Å². The number of hydrogen-bond donors (Lipinski definition) is 2. The van der Waals surface area contributed by atoms with Gasteiger partial charge in [0.1, 0.15) is 12.8 Å². The van der Waals surface area contributed by atoms with Crippen LogP contribution in [0.2, 0.25) is 0 Å². The molecule has 3 atom stereocenters. The van der Waals surface area contributed by atoms with E-state index in [1.54, 1.807) is 19.2 Å². The van der Waals surface area contributed by atoms with E-state index in [1.165, 1.54) is 0 Å². The van der Waals surface area contributed by atoms with Crippen molar-refractivity contribution in [2.45, 2.75) is 38.6 Å². The number of aliphatic hydroxyl groups excluding tert-OH is 1. The second-order valence-electron chi connectivity index (χ2n) is 6.42. The summed E-state index contributed by atoms with van der Waals surface area (Å²) in [5.41, 5.74) is 0.542. The molecule has 2 N–H and O–H groups in total. The van der Waals surface area contributed by atoms with E-state index in [-0.39, 0.29) is 18.0 Å². The van der Waals surface area contributed by atoms with Gasteiger partial charge in [0.05, 0.1) is 11.6 Å². The second kappa shape index (κ2) is 6.33. The minimum absolute atomic E-state index is 0.0379. The SMILES string of the molecule is CC(O)N(C)[C@H]1CCN(C(=O)c2cnc3c(c2)OC[C@@H](C)N3)C1. The zero-order valence-corrected chi connectivity index (χ0v) is 13.8. The van der Waals surface area contributed by atoms with Gasteiger partial charge < -0.3 is 20.1 Å². The van der Waals surface area contributed by atoms with Crippen molar-refractivity contribution < 1.29 is 14.6 Å². The van der Waals surface area contributed by atoms with Crippen LogP contribution in [0, 0.1) is 0 Å². The number of ether oxygens (including phenoxy) is 1. The summed E-state index contributed by atoms with van der Waals surface area (Å²) in [5.74, 6) is 1.28. The summed E-state index contributed by atoms with van der Waals surface area (Å²) in [6.45, 7) is 5.63. The molecule has 1 aromatic rings. The van der Waals surface area contributed by atoms with Gasteiger partial charge in [0.2, 0.25) is 0 Å². The highest BCUT2D eigenvalue weighted by Gasteiger charge is 2.31. The van der Waals surface area contributed by atoms with Crippen LogP contribution in [-0.2, 0) is 0 Å². The first-order chi connectivity index (χ1) is 11.0. The first-order valence-electron chi connectivity index (χ1n) is 8.04. The molecule has 1 unspecified atom stereocenters. The standard InChI is InChI=1S/C16H24N4O3/c1-10-9-23-14-6-12(7-17-15(14)18-10)16(22)20-5-4-13(8-20)19(3)11(2)21/h6-7,10-11,13,21H,4-5,8-9H2,1-3H3,(H,17,18)/t10-,11?,13+/m1/s1. The summed E-state index contributed by atoms with van der Waals surface area (Å²) >= 11 is 0. The summed E-state index contributed by atoms with van der Waals surface area (Å²) in [4.78, 5) is 20.7. The molecule has 3 rings (SSSR count). The number of aliphatic hydroxyl groups is 1. The fraction of sp³-hybridized carbons (Fsp3) is 0.625. The van der Waals surface area contributed by atoms with Crippen molar-refractivity contribution >= 4 is 11.7 Å². The van der Waals surface area contributed by atoms with E-state index in [4.69, 9.17) is 4.74 Å². The largest absolute Gasteiger partial charge is 0.488 e. The average Bonchev–Trinajstić information content (AvgIpc) is 3.02. The Morgan fingerprint density at radius 1 is 1.61 bits per heavy atom. The van der Waals surface area contributed by atoms with Gasteiger partial charge in [-0.05, 0) is 33.4 Å². The molecule has 0 aromatic carbocycles. The summed E-state index contributed by atoms with van der Waals surface area (Å²) in [5, 5.41) is 12.9. The predicted octanol–water partition coefficient (Wildman–Crippen LogP) is 0.759. The molecular weight excluding hydrogens is 296 g/mol. The zero-order chi connectivity index (χ0) is 16.6. The number of carbonyl (C=O) groups excluding carboxylic acids is 1. The lowest BCUT2D eigenvalue weighted by atomic mass is 10.2. The van der Waals surface area contributed by atoms with Crippen LogP contribution in [-0.4, -0.2) is 70.9 Å². The lowest BCUT2D eigenvalue weighted by Gasteiger charge is -2.27. The Bertz CT molecular complexity index is 593. The molecule has 7 heteroatoms. The topological polar surface area (TPSA) is 77.9 Å². The van der Waals surface area contributed by atoms with Crippen molar-refractivity contribution in [3.63, 3.8) is 0 Å². The van der Waals surface area contributed by atoms with Crippen LogP contribution in [0.3, 0.4) is 0 Å². The molecule has 2 aliphatic heterocycles. The molecule has 7 nitrogen and oxygen atoms in total. The van der Waals surface area contributed by atoms with Crippen LogP contribution in [0.5, 0.6) is 5.75 Å². The van der Waals surface area contributed by atoms with Gasteiger partial charge in [-0.2, -0.15) is 0 Å². The molecule has 1 fully saturated rings. The Morgan fingerprint density at radius 3 is 3.13 bits per heavy atom. The number of nitrogens with zero attached hydrogens (tertiary/aromatic N) is 3. The number of rotatable bonds is 3. The van der Waals surface area contributed by atoms with Crippen molar-refractivity contribution in [3.05, 3.63) is 17.8 Å². The highest BCUT2D eigenvalue weighted by Crippen LogP contribution is 2.28. The van der Waals surface area contributed by atoms with E-state index in [0.29, 0.717) is 36.8 Å². The molecule has 0 bridgehead atoms. The van der Waals surface area contributed by atoms with Gasteiger partial charge in [-0.3, -0.25) is 9.69 Å². The fourth-order valence-electron chi connectivity index (χ4n) is 3.02.